The molecule has 2 aromatic rings. The number of H-pyrrole nitrogens is 1. The zero-order valence-corrected chi connectivity index (χ0v) is 14.1. The van der Waals surface area contributed by atoms with Gasteiger partial charge >= 0.3 is 0 Å². The van der Waals surface area contributed by atoms with Crippen LogP contribution in [0.3, 0.4) is 0 Å². The number of aromatic amines is 1. The van der Waals surface area contributed by atoms with E-state index in [4.69, 9.17) is 9.47 Å². The van der Waals surface area contributed by atoms with E-state index in [-0.39, 0.29) is 11.4 Å². The summed E-state index contributed by atoms with van der Waals surface area (Å²) in [5.74, 6) is 0.810. The molecule has 0 saturated carbocycles. The number of fused-ring (bicyclic) bond motifs is 1. The molecule has 3 rings (SSSR count). The van der Waals surface area contributed by atoms with E-state index in [9.17, 15) is 14.7 Å². The van der Waals surface area contributed by atoms with Crippen molar-refractivity contribution < 1.29 is 19.4 Å². The molecule has 1 aliphatic heterocycles. The summed E-state index contributed by atoms with van der Waals surface area (Å²) in [4.78, 5) is 27.7. The number of rotatable bonds is 5. The number of ether oxygens (including phenoxy) is 2. The van der Waals surface area contributed by atoms with Gasteiger partial charge in [-0.2, -0.15) is 0 Å². The number of hydrogen-bond donors (Lipinski definition) is 2. The van der Waals surface area contributed by atoms with Crippen molar-refractivity contribution >= 4 is 6.29 Å². The molecule has 2 heterocycles. The molecule has 7 nitrogen and oxygen atoms in total. The van der Waals surface area contributed by atoms with Crippen molar-refractivity contribution in [3.63, 3.8) is 0 Å². The molecule has 7 heteroatoms. The van der Waals surface area contributed by atoms with Gasteiger partial charge in [0.1, 0.15) is 12.0 Å². The molecule has 1 aromatic carbocycles. The number of carbonyl (C=O) groups is 1. The molecular weight excluding hydrogens is 324 g/mol. The van der Waals surface area contributed by atoms with Gasteiger partial charge in [0.05, 0.1) is 19.9 Å². The predicted octanol–water partition coefficient (Wildman–Crippen LogP) is 1.25. The summed E-state index contributed by atoms with van der Waals surface area (Å²) in [5, 5.41) is 10.8. The monoisotopic (exact) mass is 344 g/mol. The van der Waals surface area contributed by atoms with E-state index in [1.807, 2.05) is 29.2 Å². The standard InChI is InChI=1S/C18H20N2O5/c1-24-12-5-3-11(4-6-12)9-20-8-7-13-14(10-21)19-17(22)16(25-2)15(13)18(20)23/h3-6,10,18,23H,7-9H2,1-2H3,(H,19,22). The summed E-state index contributed by atoms with van der Waals surface area (Å²) >= 11 is 0. The first-order chi connectivity index (χ1) is 12.1. The van der Waals surface area contributed by atoms with E-state index >= 15 is 0 Å². The minimum absolute atomic E-state index is 0.0486. The van der Waals surface area contributed by atoms with Crippen molar-refractivity contribution in [3.05, 3.63) is 57.0 Å². The number of aromatic nitrogens is 1. The van der Waals surface area contributed by atoms with Crippen LogP contribution in [0.1, 0.15) is 33.4 Å². The van der Waals surface area contributed by atoms with Gasteiger partial charge in [-0.05, 0) is 29.7 Å². The maximum atomic E-state index is 12.1. The molecule has 0 aliphatic carbocycles. The van der Waals surface area contributed by atoms with Crippen LogP contribution in [-0.4, -0.2) is 42.0 Å². The van der Waals surface area contributed by atoms with Gasteiger partial charge in [0.2, 0.25) is 0 Å². The van der Waals surface area contributed by atoms with E-state index < -0.39 is 11.8 Å². The van der Waals surface area contributed by atoms with Crippen LogP contribution in [0.2, 0.25) is 0 Å². The van der Waals surface area contributed by atoms with Crippen LogP contribution >= 0.6 is 0 Å². The lowest BCUT2D eigenvalue weighted by Gasteiger charge is -2.35. The highest BCUT2D eigenvalue weighted by Crippen LogP contribution is 2.34. The second kappa shape index (κ2) is 7.08. The number of aldehydes is 1. The number of aliphatic hydroxyl groups excluding tert-OH is 1. The van der Waals surface area contributed by atoms with Crippen LogP contribution in [-0.2, 0) is 13.0 Å². The predicted molar refractivity (Wildman–Crippen MR) is 91.1 cm³/mol. The Balaban J connectivity index is 1.94. The van der Waals surface area contributed by atoms with E-state index in [0.717, 1.165) is 11.3 Å². The highest BCUT2D eigenvalue weighted by molar-refractivity contribution is 5.76. The topological polar surface area (TPSA) is 91.9 Å². The fourth-order valence-electron chi connectivity index (χ4n) is 3.20. The molecule has 0 amide bonds. The van der Waals surface area contributed by atoms with Crippen LogP contribution in [0.15, 0.2) is 29.1 Å². The lowest BCUT2D eigenvalue weighted by Crippen LogP contribution is -2.37. The minimum Gasteiger partial charge on any atom is -0.497 e. The quantitative estimate of drug-likeness (QED) is 0.793. The maximum Gasteiger partial charge on any atom is 0.291 e. The molecule has 2 N–H and O–H groups in total. The summed E-state index contributed by atoms with van der Waals surface area (Å²) in [6.07, 6.45) is 0.108. The minimum atomic E-state index is -1.03. The van der Waals surface area contributed by atoms with Crippen LogP contribution in [0.25, 0.3) is 0 Å². The smallest absolute Gasteiger partial charge is 0.291 e. The van der Waals surface area contributed by atoms with Crippen LogP contribution < -0.4 is 15.0 Å². The molecule has 0 spiro atoms. The first-order valence-electron chi connectivity index (χ1n) is 7.92. The first-order valence-corrected chi connectivity index (χ1v) is 7.92. The number of carbonyl (C=O) groups excluding carboxylic acids is 1. The van der Waals surface area contributed by atoms with E-state index in [1.165, 1.54) is 7.11 Å². The lowest BCUT2D eigenvalue weighted by atomic mass is 9.95. The number of aliphatic hydroxyl groups is 1. The zero-order chi connectivity index (χ0) is 18.0. The van der Waals surface area contributed by atoms with E-state index in [2.05, 4.69) is 4.98 Å². The molecule has 0 saturated heterocycles. The Morgan fingerprint density at radius 3 is 2.60 bits per heavy atom. The average molecular weight is 344 g/mol. The number of methoxy groups -OCH3 is 2. The maximum absolute atomic E-state index is 12.1. The van der Waals surface area contributed by atoms with Crippen LogP contribution in [0.5, 0.6) is 11.5 Å². The normalized spacial score (nSPS) is 17.0. The number of nitrogens with zero attached hydrogens (tertiary/aromatic N) is 1. The average Bonchev–Trinajstić information content (AvgIpc) is 2.64. The van der Waals surface area contributed by atoms with E-state index in [0.29, 0.717) is 36.9 Å². The fourth-order valence-corrected chi connectivity index (χ4v) is 3.20. The molecule has 132 valence electrons. The molecule has 1 aliphatic rings. The summed E-state index contributed by atoms with van der Waals surface area (Å²) in [5.41, 5.74) is 1.68. The van der Waals surface area contributed by atoms with Crippen LogP contribution in [0, 0.1) is 0 Å². The Kier molecular flexibility index (Phi) is 4.87. The molecular formula is C18H20N2O5. The Morgan fingerprint density at radius 2 is 2.00 bits per heavy atom. The second-order valence-electron chi connectivity index (χ2n) is 5.85. The van der Waals surface area contributed by atoms with Gasteiger partial charge in [0.15, 0.2) is 12.0 Å². The van der Waals surface area contributed by atoms with Crippen molar-refractivity contribution in [1.29, 1.82) is 0 Å². The largest absolute Gasteiger partial charge is 0.497 e. The summed E-state index contributed by atoms with van der Waals surface area (Å²) in [7, 11) is 2.98. The second-order valence-corrected chi connectivity index (χ2v) is 5.85. The van der Waals surface area contributed by atoms with Crippen LogP contribution in [0.4, 0.5) is 0 Å². The van der Waals surface area contributed by atoms with Crippen molar-refractivity contribution in [2.24, 2.45) is 0 Å². The highest BCUT2D eigenvalue weighted by Gasteiger charge is 2.32. The van der Waals surface area contributed by atoms with Gasteiger partial charge in [0, 0.05) is 18.7 Å². The highest BCUT2D eigenvalue weighted by atomic mass is 16.5. The van der Waals surface area contributed by atoms with Gasteiger partial charge in [-0.25, -0.2) is 0 Å². The number of benzene rings is 1. The first kappa shape index (κ1) is 17.2. The Bertz CT molecular complexity index is 829. The van der Waals surface area contributed by atoms with Crippen molar-refractivity contribution in [3.8, 4) is 11.5 Å². The summed E-state index contributed by atoms with van der Waals surface area (Å²) < 4.78 is 10.3. The summed E-state index contributed by atoms with van der Waals surface area (Å²) in [6, 6.07) is 7.56. The molecule has 1 unspecified atom stereocenters. The van der Waals surface area contributed by atoms with Gasteiger partial charge in [0.25, 0.3) is 5.56 Å². The third-order valence-corrected chi connectivity index (χ3v) is 4.47. The molecule has 0 fully saturated rings. The Hall–Kier alpha value is -2.64. The lowest BCUT2D eigenvalue weighted by molar-refractivity contribution is -0.0143. The molecule has 0 radical (unpaired) electrons. The van der Waals surface area contributed by atoms with Gasteiger partial charge in [-0.15, -0.1) is 0 Å². The van der Waals surface area contributed by atoms with Gasteiger partial charge < -0.3 is 19.6 Å². The van der Waals surface area contributed by atoms with Gasteiger partial charge in [-0.1, -0.05) is 12.1 Å². The number of pyridine rings is 1. The zero-order valence-electron chi connectivity index (χ0n) is 14.1. The van der Waals surface area contributed by atoms with Crippen molar-refractivity contribution in [1.82, 2.24) is 9.88 Å². The fraction of sp³-hybridized carbons (Fsp3) is 0.333. The van der Waals surface area contributed by atoms with Gasteiger partial charge in [-0.3, -0.25) is 14.5 Å². The Morgan fingerprint density at radius 1 is 1.28 bits per heavy atom. The Labute approximate surface area is 144 Å². The summed E-state index contributed by atoms with van der Waals surface area (Å²) in [6.45, 7) is 1.05. The molecule has 25 heavy (non-hydrogen) atoms. The molecule has 1 atom stereocenters. The molecule has 0 bridgehead atoms. The van der Waals surface area contributed by atoms with Crippen molar-refractivity contribution in [2.75, 3.05) is 20.8 Å². The molecule has 1 aromatic heterocycles. The SMILES string of the molecule is COc1ccc(CN2CCc3c(C=O)[nH]c(=O)c(OC)c3C2O)cc1. The number of nitrogens with one attached hydrogen (secondary N) is 1. The van der Waals surface area contributed by atoms with E-state index in [1.54, 1.807) is 7.11 Å². The van der Waals surface area contributed by atoms with Crippen molar-refractivity contribution in [2.45, 2.75) is 19.2 Å². The third-order valence-electron chi connectivity index (χ3n) is 4.47. The number of hydrogen-bond acceptors (Lipinski definition) is 6. The third kappa shape index (κ3) is 3.16.